The number of amidine groups is 1. The summed E-state index contributed by atoms with van der Waals surface area (Å²) in [5, 5.41) is 23.4. The number of nitrogens with one attached hydrogen (secondary N) is 1. The first-order valence-electron chi connectivity index (χ1n) is 8.08. The summed E-state index contributed by atoms with van der Waals surface area (Å²) in [5.41, 5.74) is 6.05. The number of nitrogens with two attached hydrogens (primary N) is 1. The molecule has 1 heterocycles. The Morgan fingerprint density at radius 3 is 2.57 bits per heavy atom. The van der Waals surface area contributed by atoms with Gasteiger partial charge < -0.3 is 30.8 Å². The summed E-state index contributed by atoms with van der Waals surface area (Å²) >= 11 is 0. The van der Waals surface area contributed by atoms with Crippen LogP contribution in [0, 0.1) is 0 Å². The van der Waals surface area contributed by atoms with Crippen molar-refractivity contribution < 1.29 is 34.2 Å². The average Bonchev–Trinajstić information content (AvgIpc) is 2.56. The van der Waals surface area contributed by atoms with E-state index in [-0.39, 0.29) is 11.5 Å². The number of alkyl carbamates (subject to hydrolysis) is 1. The largest absolute Gasteiger partial charge is 0.478 e. The summed E-state index contributed by atoms with van der Waals surface area (Å²) in [7, 11) is 0. The Kier molecular flexibility index (Phi) is 7.92. The molecule has 1 aromatic rings. The van der Waals surface area contributed by atoms with Crippen molar-refractivity contribution in [2.75, 3.05) is 6.54 Å². The fourth-order valence-corrected chi connectivity index (χ4v) is 1.78. The molecule has 1 amide bonds. The van der Waals surface area contributed by atoms with Crippen LogP contribution in [0.15, 0.2) is 35.3 Å². The molecule has 0 bridgehead atoms. The number of pyridine rings is 1. The molecule has 0 spiro atoms. The number of ether oxygens (including phenoxy) is 1. The Morgan fingerprint density at radius 1 is 1.32 bits per heavy atom. The van der Waals surface area contributed by atoms with Gasteiger partial charge in [-0.25, -0.2) is 14.4 Å². The zero-order valence-corrected chi connectivity index (χ0v) is 15.6. The lowest BCUT2D eigenvalue weighted by Gasteiger charge is -2.19. The van der Waals surface area contributed by atoms with E-state index in [2.05, 4.69) is 20.3 Å². The fraction of sp³-hybridized carbons (Fsp3) is 0.353. The van der Waals surface area contributed by atoms with E-state index in [9.17, 15) is 14.4 Å². The van der Waals surface area contributed by atoms with Crippen molar-refractivity contribution in [3.05, 3.63) is 41.4 Å². The minimum Gasteiger partial charge on any atom is -0.478 e. The fourth-order valence-electron chi connectivity index (χ4n) is 1.78. The molecule has 1 aromatic heterocycles. The number of oxime groups is 1. The minimum atomic E-state index is -1.62. The summed E-state index contributed by atoms with van der Waals surface area (Å²) in [5.74, 6) is -4.29. The highest BCUT2D eigenvalue weighted by Crippen LogP contribution is 2.07. The van der Waals surface area contributed by atoms with Crippen molar-refractivity contribution in [2.24, 2.45) is 10.9 Å². The number of aromatic nitrogens is 1. The standard InChI is InChI=1S/C17H22N4O7/c1-17(2,3)27-16(26)20-7-5-10-4-6-19-11(8-10)14(18)21-28-12(15(24)25)9-13(22)23/h4,6,8-9H,5,7H2,1-3H3,(H2,18,21)(H,20,26)(H,22,23)(H,24,25). The Hall–Kier alpha value is -3.63. The molecular formula is C17H22N4O7. The maximum atomic E-state index is 11.6. The highest BCUT2D eigenvalue weighted by molar-refractivity contribution is 5.96. The first kappa shape index (κ1) is 22.4. The van der Waals surface area contributed by atoms with Crippen molar-refractivity contribution in [1.82, 2.24) is 10.3 Å². The van der Waals surface area contributed by atoms with Gasteiger partial charge in [0, 0.05) is 12.7 Å². The number of hydrogen-bond donors (Lipinski definition) is 4. The van der Waals surface area contributed by atoms with Crippen LogP contribution in [0.1, 0.15) is 32.0 Å². The molecule has 0 aliphatic rings. The van der Waals surface area contributed by atoms with Crippen LogP contribution in [0.2, 0.25) is 0 Å². The molecule has 0 aliphatic heterocycles. The molecule has 0 saturated carbocycles. The average molecular weight is 394 g/mol. The highest BCUT2D eigenvalue weighted by atomic mass is 16.6. The van der Waals surface area contributed by atoms with Crippen LogP contribution >= 0.6 is 0 Å². The van der Waals surface area contributed by atoms with Gasteiger partial charge in [-0.15, -0.1) is 0 Å². The SMILES string of the molecule is CC(C)(C)OC(=O)NCCc1ccnc(C(N)=NOC(=CC(=O)O)C(=O)O)c1. The third-order valence-electron chi connectivity index (χ3n) is 2.88. The first-order valence-corrected chi connectivity index (χ1v) is 8.08. The third-order valence-corrected chi connectivity index (χ3v) is 2.88. The van der Waals surface area contributed by atoms with Crippen molar-refractivity contribution in [1.29, 1.82) is 0 Å². The Morgan fingerprint density at radius 2 is 2.00 bits per heavy atom. The number of carboxylic acids is 2. The first-order chi connectivity index (χ1) is 13.0. The monoisotopic (exact) mass is 394 g/mol. The number of carboxylic acid groups (broad SMARTS) is 2. The summed E-state index contributed by atoms with van der Waals surface area (Å²) in [6, 6.07) is 3.27. The van der Waals surface area contributed by atoms with Gasteiger partial charge in [0.1, 0.15) is 11.3 Å². The zero-order valence-electron chi connectivity index (χ0n) is 15.6. The smallest absolute Gasteiger partial charge is 0.407 e. The van der Waals surface area contributed by atoms with Crippen molar-refractivity contribution >= 4 is 23.9 Å². The minimum absolute atomic E-state index is 0.190. The van der Waals surface area contributed by atoms with E-state index >= 15 is 0 Å². The second kappa shape index (κ2) is 9.90. The van der Waals surface area contributed by atoms with Gasteiger partial charge in [0.25, 0.3) is 0 Å². The van der Waals surface area contributed by atoms with Gasteiger partial charge in [0.2, 0.25) is 5.76 Å². The predicted octanol–water partition coefficient (Wildman–Crippen LogP) is 0.839. The number of hydrogen-bond acceptors (Lipinski definition) is 7. The predicted molar refractivity (Wildman–Crippen MR) is 97.3 cm³/mol. The highest BCUT2D eigenvalue weighted by Gasteiger charge is 2.16. The molecule has 1 rings (SSSR count). The van der Waals surface area contributed by atoms with E-state index in [0.29, 0.717) is 19.0 Å². The van der Waals surface area contributed by atoms with Gasteiger partial charge in [-0.2, -0.15) is 0 Å². The maximum absolute atomic E-state index is 11.6. The molecule has 0 unspecified atom stereocenters. The molecule has 152 valence electrons. The van der Waals surface area contributed by atoms with Gasteiger partial charge in [0.05, 0.1) is 6.08 Å². The lowest BCUT2D eigenvalue weighted by molar-refractivity contribution is -0.138. The molecule has 11 nitrogen and oxygen atoms in total. The summed E-state index contributed by atoms with van der Waals surface area (Å²) in [4.78, 5) is 41.6. The van der Waals surface area contributed by atoms with E-state index in [4.69, 9.17) is 20.7 Å². The molecule has 0 atom stereocenters. The van der Waals surface area contributed by atoms with E-state index in [1.165, 1.54) is 6.20 Å². The number of nitrogens with zero attached hydrogens (tertiary/aromatic N) is 2. The van der Waals surface area contributed by atoms with Crippen molar-refractivity contribution in [2.45, 2.75) is 32.8 Å². The molecule has 28 heavy (non-hydrogen) atoms. The lowest BCUT2D eigenvalue weighted by atomic mass is 10.1. The second-order valence-electron chi connectivity index (χ2n) is 6.45. The maximum Gasteiger partial charge on any atom is 0.407 e. The molecule has 0 aromatic carbocycles. The zero-order chi connectivity index (χ0) is 21.3. The third kappa shape index (κ3) is 8.65. The molecule has 0 radical (unpaired) electrons. The van der Waals surface area contributed by atoms with Gasteiger partial charge in [-0.3, -0.25) is 4.98 Å². The Bertz CT molecular complexity index is 797. The lowest BCUT2D eigenvalue weighted by Crippen LogP contribution is -2.33. The molecule has 0 fully saturated rings. The van der Waals surface area contributed by atoms with Crippen LogP contribution in [0.4, 0.5) is 4.79 Å². The second-order valence-corrected chi connectivity index (χ2v) is 6.45. The van der Waals surface area contributed by atoms with Crippen LogP contribution in [0.3, 0.4) is 0 Å². The van der Waals surface area contributed by atoms with E-state index < -0.39 is 29.4 Å². The van der Waals surface area contributed by atoms with Crippen LogP contribution in [-0.4, -0.2) is 51.2 Å². The number of carbonyl (C=O) groups excluding carboxylic acids is 1. The van der Waals surface area contributed by atoms with Gasteiger partial charge in [-0.1, -0.05) is 5.16 Å². The van der Waals surface area contributed by atoms with Crippen molar-refractivity contribution in [3.8, 4) is 0 Å². The normalized spacial score (nSPS) is 12.2. The molecular weight excluding hydrogens is 372 g/mol. The van der Waals surface area contributed by atoms with Gasteiger partial charge >= 0.3 is 18.0 Å². The summed E-state index contributed by atoms with van der Waals surface area (Å²) in [6.45, 7) is 5.57. The summed E-state index contributed by atoms with van der Waals surface area (Å²) < 4.78 is 5.13. The summed E-state index contributed by atoms with van der Waals surface area (Å²) in [6.07, 6.45) is 1.70. The van der Waals surface area contributed by atoms with Crippen LogP contribution < -0.4 is 11.1 Å². The Labute approximate surface area is 160 Å². The number of rotatable bonds is 8. The van der Waals surface area contributed by atoms with Crippen LogP contribution in [0.25, 0.3) is 0 Å². The van der Waals surface area contributed by atoms with Gasteiger partial charge in [0.15, 0.2) is 5.84 Å². The number of carbonyl (C=O) groups is 3. The Balaban J connectivity index is 2.72. The molecule has 0 aliphatic carbocycles. The molecule has 11 heteroatoms. The molecule has 5 N–H and O–H groups in total. The van der Waals surface area contributed by atoms with E-state index in [1.54, 1.807) is 32.9 Å². The van der Waals surface area contributed by atoms with Gasteiger partial charge in [-0.05, 0) is 44.9 Å². The van der Waals surface area contributed by atoms with E-state index in [0.717, 1.165) is 5.56 Å². The quantitative estimate of drug-likeness (QED) is 0.164. The van der Waals surface area contributed by atoms with E-state index in [1.807, 2.05) is 0 Å². The molecule has 0 saturated heterocycles. The van der Waals surface area contributed by atoms with Crippen LogP contribution in [0.5, 0.6) is 0 Å². The van der Waals surface area contributed by atoms with Crippen LogP contribution in [-0.2, 0) is 25.6 Å². The number of amides is 1. The van der Waals surface area contributed by atoms with Crippen molar-refractivity contribution in [3.63, 3.8) is 0 Å². The topological polar surface area (TPSA) is 173 Å². The number of aliphatic carboxylic acids is 2.